The van der Waals surface area contributed by atoms with Crippen LogP contribution in [0.4, 0.5) is 0 Å². The van der Waals surface area contributed by atoms with Gasteiger partial charge in [-0.15, -0.1) is 11.3 Å². The van der Waals surface area contributed by atoms with Crippen LogP contribution in [0, 0.1) is 19.8 Å². The smallest absolute Gasteiger partial charge is 0.0947 e. The first-order chi connectivity index (χ1) is 7.58. The lowest BCUT2D eigenvalue weighted by atomic mass is 9.96. The molecule has 1 aliphatic heterocycles. The molecule has 0 bridgehead atoms. The predicted octanol–water partition coefficient (Wildman–Crippen LogP) is 2.05. The monoisotopic (exact) mass is 240 g/mol. The Balaban J connectivity index is 1.98. The maximum atomic E-state index is 6.20. The summed E-state index contributed by atoms with van der Waals surface area (Å²) in [5.41, 5.74) is 7.33. The predicted molar refractivity (Wildman–Crippen MR) is 66.8 cm³/mol. The third-order valence-electron chi connectivity index (χ3n) is 3.35. The van der Waals surface area contributed by atoms with E-state index in [4.69, 9.17) is 10.5 Å². The van der Waals surface area contributed by atoms with Crippen LogP contribution in [-0.4, -0.2) is 23.7 Å². The fourth-order valence-electron chi connectivity index (χ4n) is 2.21. The van der Waals surface area contributed by atoms with Crippen LogP contribution in [-0.2, 0) is 11.2 Å². The molecule has 3 atom stereocenters. The number of thiazole rings is 1. The van der Waals surface area contributed by atoms with E-state index in [9.17, 15) is 0 Å². The molecule has 3 nitrogen and oxygen atoms in total. The Morgan fingerprint density at radius 3 is 2.81 bits per heavy atom. The highest BCUT2D eigenvalue weighted by Gasteiger charge is 2.30. The van der Waals surface area contributed by atoms with Gasteiger partial charge in [0.05, 0.1) is 16.8 Å². The summed E-state index contributed by atoms with van der Waals surface area (Å²) in [7, 11) is 0. The van der Waals surface area contributed by atoms with Crippen molar-refractivity contribution in [1.29, 1.82) is 0 Å². The number of aryl methyl sites for hydroxylation is 2. The van der Waals surface area contributed by atoms with Crippen LogP contribution >= 0.6 is 11.3 Å². The summed E-state index contributed by atoms with van der Waals surface area (Å²) in [6.07, 6.45) is 2.19. The number of aromatic nitrogens is 1. The summed E-state index contributed by atoms with van der Waals surface area (Å²) < 4.78 is 5.69. The summed E-state index contributed by atoms with van der Waals surface area (Å²) in [5.74, 6) is 0.581. The minimum atomic E-state index is 0.0856. The first-order valence-corrected chi connectivity index (χ1v) is 6.69. The average Bonchev–Trinajstić information content (AvgIpc) is 2.74. The topological polar surface area (TPSA) is 48.1 Å². The van der Waals surface area contributed by atoms with Crippen LogP contribution in [0.3, 0.4) is 0 Å². The van der Waals surface area contributed by atoms with Gasteiger partial charge in [-0.3, -0.25) is 0 Å². The summed E-state index contributed by atoms with van der Waals surface area (Å²) in [5, 5.41) is 1.14. The van der Waals surface area contributed by atoms with Crippen LogP contribution < -0.4 is 5.73 Å². The van der Waals surface area contributed by atoms with Gasteiger partial charge in [-0.25, -0.2) is 4.98 Å². The van der Waals surface area contributed by atoms with Gasteiger partial charge < -0.3 is 10.5 Å². The second-order valence-corrected chi connectivity index (χ2v) is 6.01. The number of nitrogens with two attached hydrogens (primary N) is 1. The maximum Gasteiger partial charge on any atom is 0.0947 e. The molecule has 1 aliphatic rings. The van der Waals surface area contributed by atoms with Gasteiger partial charge in [-0.1, -0.05) is 6.92 Å². The van der Waals surface area contributed by atoms with E-state index >= 15 is 0 Å². The second-order valence-electron chi connectivity index (χ2n) is 4.72. The number of rotatable bonds is 3. The first kappa shape index (κ1) is 12.0. The largest absolute Gasteiger partial charge is 0.376 e. The number of nitrogens with zero attached hydrogens (tertiary/aromatic N) is 1. The van der Waals surface area contributed by atoms with E-state index in [0.29, 0.717) is 5.92 Å². The molecular weight excluding hydrogens is 220 g/mol. The van der Waals surface area contributed by atoms with Gasteiger partial charge in [-0.05, 0) is 26.2 Å². The molecule has 0 radical (unpaired) electrons. The minimum Gasteiger partial charge on any atom is -0.376 e. The van der Waals surface area contributed by atoms with Crippen LogP contribution in [0.1, 0.15) is 28.9 Å². The highest BCUT2D eigenvalue weighted by Crippen LogP contribution is 2.25. The summed E-state index contributed by atoms with van der Waals surface area (Å²) in [6, 6.07) is 0.0856. The standard InChI is InChI=1S/C12H20N2OS/c1-7-4-5-15-12(7)10(13)6-11-14-8(2)9(3)16-11/h7,10,12H,4-6,13H2,1-3H3. The van der Waals surface area contributed by atoms with Crippen molar-refractivity contribution in [3.8, 4) is 0 Å². The molecule has 0 amide bonds. The summed E-state index contributed by atoms with van der Waals surface area (Å²) in [6.45, 7) is 7.23. The molecule has 0 saturated carbocycles. The molecule has 4 heteroatoms. The van der Waals surface area contributed by atoms with Crippen molar-refractivity contribution in [3.63, 3.8) is 0 Å². The molecule has 1 fully saturated rings. The summed E-state index contributed by atoms with van der Waals surface area (Å²) >= 11 is 1.76. The Bertz CT molecular complexity index is 344. The van der Waals surface area contributed by atoms with Crippen molar-refractivity contribution in [3.05, 3.63) is 15.6 Å². The third kappa shape index (κ3) is 2.44. The van der Waals surface area contributed by atoms with Crippen molar-refractivity contribution >= 4 is 11.3 Å². The molecule has 3 unspecified atom stereocenters. The van der Waals surface area contributed by atoms with Gasteiger partial charge in [0.25, 0.3) is 0 Å². The van der Waals surface area contributed by atoms with E-state index in [1.54, 1.807) is 11.3 Å². The maximum absolute atomic E-state index is 6.20. The van der Waals surface area contributed by atoms with E-state index in [0.717, 1.165) is 30.2 Å². The number of ether oxygens (including phenoxy) is 1. The lowest BCUT2D eigenvalue weighted by molar-refractivity contribution is 0.0726. The lowest BCUT2D eigenvalue weighted by Gasteiger charge is -2.21. The van der Waals surface area contributed by atoms with Gasteiger partial charge in [0.1, 0.15) is 0 Å². The lowest BCUT2D eigenvalue weighted by Crippen LogP contribution is -2.39. The molecule has 16 heavy (non-hydrogen) atoms. The molecule has 0 aromatic carbocycles. The zero-order valence-electron chi connectivity index (χ0n) is 10.2. The van der Waals surface area contributed by atoms with Crippen LogP contribution in [0.15, 0.2) is 0 Å². The van der Waals surface area contributed by atoms with Gasteiger partial charge >= 0.3 is 0 Å². The van der Waals surface area contributed by atoms with Gasteiger partial charge in [0.15, 0.2) is 0 Å². The highest BCUT2D eigenvalue weighted by molar-refractivity contribution is 7.11. The molecule has 0 aliphatic carbocycles. The van der Waals surface area contributed by atoms with E-state index < -0.39 is 0 Å². The third-order valence-corrected chi connectivity index (χ3v) is 4.44. The first-order valence-electron chi connectivity index (χ1n) is 5.88. The Labute approximate surface area is 101 Å². The van der Waals surface area contributed by atoms with Crippen LogP contribution in [0.2, 0.25) is 0 Å². The quantitative estimate of drug-likeness (QED) is 0.879. The highest BCUT2D eigenvalue weighted by atomic mass is 32.1. The Hall–Kier alpha value is -0.450. The molecular formula is C12H20N2OS. The number of hydrogen-bond donors (Lipinski definition) is 1. The number of hydrogen-bond acceptors (Lipinski definition) is 4. The van der Waals surface area contributed by atoms with E-state index in [-0.39, 0.29) is 12.1 Å². The Morgan fingerprint density at radius 2 is 2.31 bits per heavy atom. The van der Waals surface area contributed by atoms with Crippen molar-refractivity contribution in [2.75, 3.05) is 6.61 Å². The van der Waals surface area contributed by atoms with Gasteiger partial charge in [-0.2, -0.15) is 0 Å². The minimum absolute atomic E-state index is 0.0856. The summed E-state index contributed by atoms with van der Waals surface area (Å²) in [4.78, 5) is 5.82. The van der Waals surface area contributed by atoms with Crippen molar-refractivity contribution in [2.24, 2.45) is 11.7 Å². The zero-order valence-corrected chi connectivity index (χ0v) is 11.0. The van der Waals surface area contributed by atoms with Crippen molar-refractivity contribution in [2.45, 2.75) is 45.8 Å². The SMILES string of the molecule is Cc1nc(CC(N)C2OCCC2C)sc1C. The van der Waals surface area contributed by atoms with E-state index in [2.05, 4.69) is 25.8 Å². The Kier molecular flexibility index (Phi) is 3.62. The van der Waals surface area contributed by atoms with Gasteiger partial charge in [0.2, 0.25) is 0 Å². The van der Waals surface area contributed by atoms with Crippen LogP contribution in [0.5, 0.6) is 0 Å². The normalized spacial score (nSPS) is 27.2. The fourth-order valence-corrected chi connectivity index (χ4v) is 3.21. The van der Waals surface area contributed by atoms with E-state index in [1.165, 1.54) is 4.88 Å². The zero-order chi connectivity index (χ0) is 11.7. The fraction of sp³-hybridized carbons (Fsp3) is 0.750. The molecule has 1 saturated heterocycles. The molecule has 90 valence electrons. The van der Waals surface area contributed by atoms with Crippen LogP contribution in [0.25, 0.3) is 0 Å². The van der Waals surface area contributed by atoms with E-state index in [1.807, 2.05) is 0 Å². The Morgan fingerprint density at radius 1 is 1.56 bits per heavy atom. The molecule has 2 N–H and O–H groups in total. The molecule has 1 aromatic heterocycles. The molecule has 0 spiro atoms. The molecule has 2 heterocycles. The molecule has 1 aromatic rings. The van der Waals surface area contributed by atoms with Crippen molar-refractivity contribution < 1.29 is 4.74 Å². The van der Waals surface area contributed by atoms with Gasteiger partial charge in [0, 0.05) is 23.9 Å². The van der Waals surface area contributed by atoms with Crippen molar-refractivity contribution in [1.82, 2.24) is 4.98 Å². The molecule has 2 rings (SSSR count). The average molecular weight is 240 g/mol. The second kappa shape index (κ2) is 4.82.